The fourth-order valence-electron chi connectivity index (χ4n) is 3.94. The Labute approximate surface area is 172 Å². The van der Waals surface area contributed by atoms with E-state index in [1.165, 1.54) is 16.9 Å². The van der Waals surface area contributed by atoms with Gasteiger partial charge in [0.25, 0.3) is 0 Å². The maximum absolute atomic E-state index is 13.4. The molecule has 2 aliphatic rings. The van der Waals surface area contributed by atoms with Crippen molar-refractivity contribution in [3.63, 3.8) is 0 Å². The molecule has 1 atom stereocenters. The van der Waals surface area contributed by atoms with Crippen molar-refractivity contribution in [1.82, 2.24) is 25.1 Å². The first kappa shape index (κ1) is 18.5. The lowest BCUT2D eigenvalue weighted by atomic mass is 10.0. The standard InChI is InChI=1S/C21H20FN5O3/c22-16-4-1-3-15(11-16)21-23-25-27(24-21)13-20(28)26-8-2-5-17(26)14-6-7-18-19(12-14)30-10-9-29-18/h1,3-4,6-7,11-12,17H,2,5,8-10,13H2/t17-/m1/s1. The predicted molar refractivity (Wildman–Crippen MR) is 104 cm³/mol. The van der Waals surface area contributed by atoms with Crippen LogP contribution in [0.3, 0.4) is 0 Å². The number of hydrogen-bond acceptors (Lipinski definition) is 6. The molecule has 2 aromatic carbocycles. The van der Waals surface area contributed by atoms with Gasteiger partial charge in [0, 0.05) is 12.1 Å². The molecule has 1 fully saturated rings. The van der Waals surface area contributed by atoms with Crippen LogP contribution in [0.2, 0.25) is 0 Å². The van der Waals surface area contributed by atoms with Crippen molar-refractivity contribution in [1.29, 1.82) is 0 Å². The monoisotopic (exact) mass is 409 g/mol. The molecule has 1 saturated heterocycles. The predicted octanol–water partition coefficient (Wildman–Crippen LogP) is 2.61. The number of likely N-dealkylation sites (tertiary alicyclic amines) is 1. The van der Waals surface area contributed by atoms with Gasteiger partial charge < -0.3 is 14.4 Å². The summed E-state index contributed by atoms with van der Waals surface area (Å²) < 4.78 is 24.7. The van der Waals surface area contributed by atoms with Gasteiger partial charge in [0.1, 0.15) is 25.6 Å². The zero-order valence-electron chi connectivity index (χ0n) is 16.2. The third kappa shape index (κ3) is 3.58. The average Bonchev–Trinajstić information content (AvgIpc) is 3.43. The van der Waals surface area contributed by atoms with Crippen molar-refractivity contribution < 1.29 is 18.7 Å². The number of benzene rings is 2. The number of fused-ring (bicyclic) bond motifs is 1. The molecule has 30 heavy (non-hydrogen) atoms. The van der Waals surface area contributed by atoms with Gasteiger partial charge in [-0.1, -0.05) is 18.2 Å². The molecule has 0 spiro atoms. The van der Waals surface area contributed by atoms with Gasteiger partial charge in [0.2, 0.25) is 11.7 Å². The van der Waals surface area contributed by atoms with Crippen LogP contribution >= 0.6 is 0 Å². The van der Waals surface area contributed by atoms with E-state index in [1.54, 1.807) is 12.1 Å². The first-order chi connectivity index (χ1) is 14.7. The molecular weight excluding hydrogens is 389 g/mol. The number of rotatable bonds is 4. The molecule has 1 amide bonds. The zero-order chi connectivity index (χ0) is 20.5. The van der Waals surface area contributed by atoms with Crippen molar-refractivity contribution in [3.05, 3.63) is 53.8 Å². The Hall–Kier alpha value is -3.49. The summed E-state index contributed by atoms with van der Waals surface area (Å²) in [4.78, 5) is 16.1. The number of carbonyl (C=O) groups excluding carboxylic acids is 1. The van der Waals surface area contributed by atoms with Crippen LogP contribution < -0.4 is 9.47 Å². The van der Waals surface area contributed by atoms with E-state index >= 15 is 0 Å². The highest BCUT2D eigenvalue weighted by Crippen LogP contribution is 2.38. The zero-order valence-corrected chi connectivity index (χ0v) is 16.2. The van der Waals surface area contributed by atoms with E-state index in [9.17, 15) is 9.18 Å². The summed E-state index contributed by atoms with van der Waals surface area (Å²) in [6.45, 7) is 1.71. The van der Waals surface area contributed by atoms with E-state index in [2.05, 4.69) is 15.4 Å². The highest BCUT2D eigenvalue weighted by molar-refractivity contribution is 5.76. The Kier molecular flexibility index (Phi) is 4.78. The van der Waals surface area contributed by atoms with Crippen LogP contribution in [0.4, 0.5) is 4.39 Å². The molecule has 5 rings (SSSR count). The number of aromatic nitrogens is 4. The number of carbonyl (C=O) groups is 1. The molecule has 1 aromatic heterocycles. The number of amides is 1. The molecule has 0 aliphatic carbocycles. The number of tetrazole rings is 1. The molecule has 9 heteroatoms. The van der Waals surface area contributed by atoms with Gasteiger partial charge in [-0.05, 0) is 47.9 Å². The van der Waals surface area contributed by atoms with Crippen LogP contribution in [0.1, 0.15) is 24.4 Å². The van der Waals surface area contributed by atoms with E-state index in [4.69, 9.17) is 9.47 Å². The van der Waals surface area contributed by atoms with E-state index < -0.39 is 0 Å². The maximum Gasteiger partial charge on any atom is 0.246 e. The minimum atomic E-state index is -0.376. The molecule has 0 unspecified atom stereocenters. The van der Waals surface area contributed by atoms with Crippen LogP contribution in [0.5, 0.6) is 11.5 Å². The number of halogens is 1. The van der Waals surface area contributed by atoms with Gasteiger partial charge in [0.15, 0.2) is 11.5 Å². The molecule has 3 heterocycles. The minimum Gasteiger partial charge on any atom is -0.486 e. The first-order valence-electron chi connectivity index (χ1n) is 9.90. The summed E-state index contributed by atoms with van der Waals surface area (Å²) in [5.74, 6) is 1.27. The minimum absolute atomic E-state index is 0.0244. The maximum atomic E-state index is 13.4. The summed E-state index contributed by atoms with van der Waals surface area (Å²) in [6, 6.07) is 11.8. The lowest BCUT2D eigenvalue weighted by Crippen LogP contribution is -2.34. The highest BCUT2D eigenvalue weighted by atomic mass is 19.1. The molecule has 0 saturated carbocycles. The molecule has 0 bridgehead atoms. The molecule has 0 radical (unpaired) electrons. The van der Waals surface area contributed by atoms with Crippen molar-refractivity contribution in [2.45, 2.75) is 25.4 Å². The van der Waals surface area contributed by atoms with E-state index in [-0.39, 0.29) is 30.1 Å². The molecular formula is C21H20FN5O3. The summed E-state index contributed by atoms with van der Waals surface area (Å²) in [6.07, 6.45) is 1.80. The van der Waals surface area contributed by atoms with Crippen molar-refractivity contribution in [2.75, 3.05) is 19.8 Å². The third-order valence-electron chi connectivity index (χ3n) is 5.34. The Morgan fingerprint density at radius 3 is 2.87 bits per heavy atom. The second-order valence-corrected chi connectivity index (χ2v) is 7.30. The van der Waals surface area contributed by atoms with Crippen molar-refractivity contribution in [3.8, 4) is 22.9 Å². The van der Waals surface area contributed by atoms with Gasteiger partial charge in [0.05, 0.1) is 6.04 Å². The molecule has 154 valence electrons. The SMILES string of the molecule is O=C(Cn1nnc(-c2cccc(F)c2)n1)N1CCC[C@@H]1c1ccc2c(c1)OCCO2. The van der Waals surface area contributed by atoms with Crippen molar-refractivity contribution >= 4 is 5.91 Å². The summed E-state index contributed by atoms with van der Waals surface area (Å²) in [5, 5.41) is 12.1. The number of hydrogen-bond donors (Lipinski definition) is 0. The Morgan fingerprint density at radius 1 is 1.13 bits per heavy atom. The molecule has 0 N–H and O–H groups in total. The Morgan fingerprint density at radius 2 is 2.00 bits per heavy atom. The van der Waals surface area contributed by atoms with Gasteiger partial charge in [-0.3, -0.25) is 4.79 Å². The second kappa shape index (κ2) is 7.74. The summed E-state index contributed by atoms with van der Waals surface area (Å²) >= 11 is 0. The van der Waals surface area contributed by atoms with Crippen LogP contribution in [0.25, 0.3) is 11.4 Å². The largest absolute Gasteiger partial charge is 0.486 e. The van der Waals surface area contributed by atoms with Gasteiger partial charge in [-0.25, -0.2) is 4.39 Å². The lowest BCUT2D eigenvalue weighted by molar-refractivity contribution is -0.133. The summed E-state index contributed by atoms with van der Waals surface area (Å²) in [7, 11) is 0. The topological polar surface area (TPSA) is 82.4 Å². The average molecular weight is 409 g/mol. The highest BCUT2D eigenvalue weighted by Gasteiger charge is 2.31. The van der Waals surface area contributed by atoms with Gasteiger partial charge >= 0.3 is 0 Å². The van der Waals surface area contributed by atoms with Crippen LogP contribution in [-0.2, 0) is 11.3 Å². The van der Waals surface area contributed by atoms with Crippen LogP contribution in [-0.4, -0.2) is 50.8 Å². The number of nitrogens with zero attached hydrogens (tertiary/aromatic N) is 5. The van der Waals surface area contributed by atoms with E-state index in [0.717, 1.165) is 29.9 Å². The molecule has 2 aliphatic heterocycles. The van der Waals surface area contributed by atoms with E-state index in [1.807, 2.05) is 23.1 Å². The fourth-order valence-corrected chi connectivity index (χ4v) is 3.94. The third-order valence-corrected chi connectivity index (χ3v) is 5.34. The van der Waals surface area contributed by atoms with Crippen molar-refractivity contribution in [2.24, 2.45) is 0 Å². The van der Waals surface area contributed by atoms with E-state index in [0.29, 0.717) is 25.3 Å². The second-order valence-electron chi connectivity index (χ2n) is 7.30. The quantitative estimate of drug-likeness (QED) is 0.659. The van der Waals surface area contributed by atoms with Gasteiger partial charge in [-0.2, -0.15) is 4.80 Å². The normalized spacial score (nSPS) is 17.9. The Bertz CT molecular complexity index is 1090. The fraction of sp³-hybridized carbons (Fsp3) is 0.333. The number of ether oxygens (including phenoxy) is 2. The Balaban J connectivity index is 1.31. The smallest absolute Gasteiger partial charge is 0.246 e. The van der Waals surface area contributed by atoms with Gasteiger partial charge in [-0.15, -0.1) is 10.2 Å². The lowest BCUT2D eigenvalue weighted by Gasteiger charge is -2.26. The van der Waals surface area contributed by atoms with Crippen LogP contribution in [0, 0.1) is 5.82 Å². The molecule has 3 aromatic rings. The first-order valence-corrected chi connectivity index (χ1v) is 9.90. The molecule has 8 nitrogen and oxygen atoms in total. The van der Waals surface area contributed by atoms with Crippen LogP contribution in [0.15, 0.2) is 42.5 Å². The summed E-state index contributed by atoms with van der Waals surface area (Å²) in [5.41, 5.74) is 1.54.